The van der Waals surface area contributed by atoms with Gasteiger partial charge in [-0.2, -0.15) is 13.2 Å². The van der Waals surface area contributed by atoms with Crippen molar-refractivity contribution < 1.29 is 18.3 Å². The number of piperidine rings is 1. The third-order valence-electron chi connectivity index (χ3n) is 5.66. The Labute approximate surface area is 161 Å². The molecule has 0 atom stereocenters. The quantitative estimate of drug-likeness (QED) is 0.734. The summed E-state index contributed by atoms with van der Waals surface area (Å²) < 4.78 is 41.0. The van der Waals surface area contributed by atoms with Gasteiger partial charge in [-0.3, -0.25) is 4.90 Å². The zero-order valence-electron chi connectivity index (χ0n) is 15.6. The summed E-state index contributed by atoms with van der Waals surface area (Å²) in [6.07, 6.45) is -3.64. The van der Waals surface area contributed by atoms with E-state index < -0.39 is 17.3 Å². The van der Waals surface area contributed by atoms with Crippen molar-refractivity contribution in [1.82, 2.24) is 14.5 Å². The average molecular weight is 389 g/mol. The summed E-state index contributed by atoms with van der Waals surface area (Å²) in [5.74, 6) is 0.936. The zero-order valence-corrected chi connectivity index (χ0v) is 15.6. The molecule has 4 rings (SSSR count). The summed E-state index contributed by atoms with van der Waals surface area (Å²) in [7, 11) is 1.98. The van der Waals surface area contributed by atoms with E-state index in [1.807, 2.05) is 31.3 Å². The van der Waals surface area contributed by atoms with Gasteiger partial charge in [-0.05, 0) is 42.7 Å². The fourth-order valence-corrected chi connectivity index (χ4v) is 3.89. The Hall–Kier alpha value is -2.38. The third kappa shape index (κ3) is 3.52. The maximum atomic E-state index is 13.0. The van der Waals surface area contributed by atoms with Gasteiger partial charge in [0.15, 0.2) is 0 Å². The van der Waals surface area contributed by atoms with Crippen LogP contribution < -0.4 is 0 Å². The third-order valence-corrected chi connectivity index (χ3v) is 5.66. The highest BCUT2D eigenvalue weighted by Gasteiger charge is 2.37. The minimum Gasteiger partial charge on any atom is -0.385 e. The largest absolute Gasteiger partial charge is 0.416 e. The Kier molecular flexibility index (Phi) is 4.67. The van der Waals surface area contributed by atoms with E-state index in [4.69, 9.17) is 0 Å². The highest BCUT2D eigenvalue weighted by Crippen LogP contribution is 2.37. The Bertz CT molecular complexity index is 988. The van der Waals surface area contributed by atoms with Crippen molar-refractivity contribution in [2.24, 2.45) is 7.05 Å². The van der Waals surface area contributed by atoms with Gasteiger partial charge in [-0.1, -0.05) is 24.3 Å². The van der Waals surface area contributed by atoms with E-state index in [9.17, 15) is 18.3 Å². The van der Waals surface area contributed by atoms with Crippen LogP contribution in [0.25, 0.3) is 11.0 Å². The molecule has 4 nitrogen and oxygen atoms in total. The van der Waals surface area contributed by atoms with E-state index in [2.05, 4.69) is 14.5 Å². The number of aryl methyl sites for hydroxylation is 1. The minimum absolute atomic E-state index is 0.338. The van der Waals surface area contributed by atoms with E-state index in [1.54, 1.807) is 6.07 Å². The maximum absolute atomic E-state index is 13.0. The van der Waals surface area contributed by atoms with Crippen molar-refractivity contribution in [3.8, 4) is 0 Å². The van der Waals surface area contributed by atoms with Crippen LogP contribution in [0.15, 0.2) is 48.5 Å². The van der Waals surface area contributed by atoms with Crippen LogP contribution in [0.5, 0.6) is 0 Å². The molecule has 0 radical (unpaired) electrons. The van der Waals surface area contributed by atoms with Crippen LogP contribution in [0.3, 0.4) is 0 Å². The molecule has 0 aliphatic carbocycles. The van der Waals surface area contributed by atoms with E-state index in [1.165, 1.54) is 6.07 Å². The first-order chi connectivity index (χ1) is 13.3. The number of nitrogens with zero attached hydrogens (tertiary/aromatic N) is 3. The molecule has 28 heavy (non-hydrogen) atoms. The molecular weight excluding hydrogens is 367 g/mol. The van der Waals surface area contributed by atoms with E-state index >= 15 is 0 Å². The van der Waals surface area contributed by atoms with Crippen LogP contribution in [0.1, 0.15) is 29.8 Å². The number of rotatable bonds is 3. The fraction of sp³-hybridized carbons (Fsp3) is 0.381. The van der Waals surface area contributed by atoms with Crippen molar-refractivity contribution in [3.63, 3.8) is 0 Å². The normalized spacial score (nSPS) is 17.9. The van der Waals surface area contributed by atoms with Crippen molar-refractivity contribution in [3.05, 3.63) is 65.5 Å². The molecule has 1 aliphatic rings. The molecular formula is C21H22F3N3O. The summed E-state index contributed by atoms with van der Waals surface area (Å²) >= 11 is 0. The predicted octanol–water partition coefficient (Wildman–Crippen LogP) is 4.08. The molecule has 1 saturated heterocycles. The Balaban J connectivity index is 1.47. The summed E-state index contributed by atoms with van der Waals surface area (Å²) in [5.41, 5.74) is 0.391. The molecule has 148 valence electrons. The highest BCUT2D eigenvalue weighted by atomic mass is 19.4. The molecule has 0 bridgehead atoms. The lowest BCUT2D eigenvalue weighted by atomic mass is 9.83. The number of likely N-dealkylation sites (tertiary alicyclic amines) is 1. The number of aromatic nitrogens is 2. The SMILES string of the molecule is Cn1c(CN2CCC(O)(c3cccc(C(F)(F)F)c3)CC2)nc2ccccc21. The molecule has 0 unspecified atom stereocenters. The standard InChI is InChI=1S/C21H22F3N3O/c1-26-18-8-3-2-7-17(18)25-19(26)14-27-11-9-20(28,10-12-27)15-5-4-6-16(13-15)21(22,23)24/h2-8,13,28H,9-12,14H2,1H3. The number of hydrogen-bond donors (Lipinski definition) is 1. The molecule has 7 heteroatoms. The number of alkyl halides is 3. The number of imidazole rings is 1. The van der Waals surface area contributed by atoms with Gasteiger partial charge in [0, 0.05) is 20.1 Å². The van der Waals surface area contributed by atoms with Crippen molar-refractivity contribution in [2.45, 2.75) is 31.2 Å². The molecule has 1 N–H and O–H groups in total. The summed E-state index contributed by atoms with van der Waals surface area (Å²) in [5, 5.41) is 11.0. The van der Waals surface area contributed by atoms with Crippen LogP contribution in [-0.2, 0) is 25.4 Å². The molecule has 2 heterocycles. The van der Waals surface area contributed by atoms with Gasteiger partial charge < -0.3 is 9.67 Å². The maximum Gasteiger partial charge on any atom is 0.416 e. The minimum atomic E-state index is -4.41. The second-order valence-electron chi connectivity index (χ2n) is 7.46. The van der Waals surface area contributed by atoms with Crippen LogP contribution in [-0.4, -0.2) is 32.6 Å². The van der Waals surface area contributed by atoms with Gasteiger partial charge in [0.05, 0.1) is 28.7 Å². The summed E-state index contributed by atoms with van der Waals surface area (Å²) in [6, 6.07) is 13.0. The van der Waals surface area contributed by atoms with E-state index in [0.717, 1.165) is 29.0 Å². The predicted molar refractivity (Wildman–Crippen MR) is 101 cm³/mol. The highest BCUT2D eigenvalue weighted by molar-refractivity contribution is 5.75. The zero-order chi connectivity index (χ0) is 19.9. The average Bonchev–Trinajstić information content (AvgIpc) is 2.99. The molecule has 0 spiro atoms. The molecule has 1 aliphatic heterocycles. The van der Waals surface area contributed by atoms with Crippen molar-refractivity contribution >= 4 is 11.0 Å². The van der Waals surface area contributed by atoms with Gasteiger partial charge in [0.25, 0.3) is 0 Å². The van der Waals surface area contributed by atoms with Crippen LogP contribution in [0.4, 0.5) is 13.2 Å². The lowest BCUT2D eigenvalue weighted by Gasteiger charge is -2.38. The molecule has 3 aromatic rings. The first kappa shape index (κ1) is 19.0. The summed E-state index contributed by atoms with van der Waals surface area (Å²) in [6.45, 7) is 1.83. The number of benzene rings is 2. The fourth-order valence-electron chi connectivity index (χ4n) is 3.89. The first-order valence-electron chi connectivity index (χ1n) is 9.29. The Morgan fingerprint density at radius 2 is 1.79 bits per heavy atom. The van der Waals surface area contributed by atoms with Crippen LogP contribution in [0.2, 0.25) is 0 Å². The molecule has 0 amide bonds. The van der Waals surface area contributed by atoms with Gasteiger partial charge in [-0.25, -0.2) is 4.98 Å². The van der Waals surface area contributed by atoms with E-state index in [-0.39, 0.29) is 0 Å². The Morgan fingerprint density at radius 1 is 1.07 bits per heavy atom. The molecule has 2 aromatic carbocycles. The monoisotopic (exact) mass is 389 g/mol. The van der Waals surface area contributed by atoms with Gasteiger partial charge in [-0.15, -0.1) is 0 Å². The smallest absolute Gasteiger partial charge is 0.385 e. The number of aliphatic hydroxyl groups is 1. The van der Waals surface area contributed by atoms with E-state index in [0.29, 0.717) is 38.0 Å². The second-order valence-corrected chi connectivity index (χ2v) is 7.46. The number of para-hydroxylation sites is 2. The first-order valence-corrected chi connectivity index (χ1v) is 9.29. The Morgan fingerprint density at radius 3 is 2.46 bits per heavy atom. The van der Waals surface area contributed by atoms with Crippen LogP contribution >= 0.6 is 0 Å². The molecule has 1 aromatic heterocycles. The van der Waals surface area contributed by atoms with Crippen molar-refractivity contribution in [1.29, 1.82) is 0 Å². The van der Waals surface area contributed by atoms with Gasteiger partial charge in [0.1, 0.15) is 5.82 Å². The molecule has 0 saturated carbocycles. The number of halogens is 3. The number of fused-ring (bicyclic) bond motifs is 1. The van der Waals surface area contributed by atoms with Gasteiger partial charge >= 0.3 is 6.18 Å². The molecule has 1 fully saturated rings. The lowest BCUT2D eigenvalue weighted by molar-refractivity contribution is -0.137. The lowest BCUT2D eigenvalue weighted by Crippen LogP contribution is -2.42. The summed E-state index contributed by atoms with van der Waals surface area (Å²) in [4.78, 5) is 6.86. The topological polar surface area (TPSA) is 41.3 Å². The van der Waals surface area contributed by atoms with Crippen molar-refractivity contribution in [2.75, 3.05) is 13.1 Å². The van der Waals surface area contributed by atoms with Crippen LogP contribution in [0, 0.1) is 0 Å². The van der Waals surface area contributed by atoms with Gasteiger partial charge in [0.2, 0.25) is 0 Å². The second kappa shape index (κ2) is 6.90. The number of hydrogen-bond acceptors (Lipinski definition) is 3.